The number of fused-ring (bicyclic) bond motifs is 3. The van der Waals surface area contributed by atoms with E-state index in [2.05, 4.69) is 4.98 Å². The Hall–Kier alpha value is -1.47. The van der Waals surface area contributed by atoms with Crippen LogP contribution in [0.2, 0.25) is 0 Å². The van der Waals surface area contributed by atoms with Crippen LogP contribution >= 0.6 is 23.6 Å². The van der Waals surface area contributed by atoms with Crippen LogP contribution < -0.4 is 17.0 Å². The van der Waals surface area contributed by atoms with E-state index in [1.54, 1.807) is 0 Å². The molecule has 1 aliphatic rings. The predicted octanol–water partition coefficient (Wildman–Crippen LogP) is 0.526. The summed E-state index contributed by atoms with van der Waals surface area (Å²) < 4.78 is 1.08. The van der Waals surface area contributed by atoms with Crippen LogP contribution in [0.15, 0.2) is 9.59 Å². The molecule has 0 aromatic carbocycles. The van der Waals surface area contributed by atoms with Crippen LogP contribution in [0.25, 0.3) is 10.2 Å². The highest BCUT2D eigenvalue weighted by atomic mass is 32.1. The molecule has 2 heterocycles. The number of hydrogen-bond donors (Lipinski definition) is 2. The van der Waals surface area contributed by atoms with Gasteiger partial charge in [0, 0.05) is 4.88 Å². The molecule has 3 N–H and O–H groups in total. The van der Waals surface area contributed by atoms with E-state index in [1.807, 2.05) is 0 Å². The number of aromatic amines is 1. The van der Waals surface area contributed by atoms with Crippen LogP contribution in [-0.2, 0) is 19.4 Å². The van der Waals surface area contributed by atoms with E-state index >= 15 is 0 Å². The first-order valence-corrected chi connectivity index (χ1v) is 6.86. The number of aromatic nitrogens is 2. The lowest BCUT2D eigenvalue weighted by molar-refractivity contribution is 0.752. The van der Waals surface area contributed by atoms with Gasteiger partial charge in [0.1, 0.15) is 4.83 Å². The molecule has 1 aliphatic carbocycles. The number of nitrogens with zero attached hydrogens (tertiary/aromatic N) is 1. The van der Waals surface area contributed by atoms with Crippen molar-refractivity contribution < 1.29 is 0 Å². The summed E-state index contributed by atoms with van der Waals surface area (Å²) in [6, 6.07) is 0. The smallest absolute Gasteiger partial charge is 0.329 e. The molecule has 3 rings (SSSR count). The number of thiophene rings is 1. The van der Waals surface area contributed by atoms with Gasteiger partial charge in [0.2, 0.25) is 0 Å². The van der Waals surface area contributed by atoms with Crippen LogP contribution in [0.3, 0.4) is 0 Å². The van der Waals surface area contributed by atoms with Crippen molar-refractivity contribution in [3.63, 3.8) is 0 Å². The number of nitrogens with one attached hydrogen (secondary N) is 1. The summed E-state index contributed by atoms with van der Waals surface area (Å²) in [5.74, 6) is 0. The van der Waals surface area contributed by atoms with Crippen molar-refractivity contribution in [3.05, 3.63) is 31.3 Å². The molecule has 2 aromatic rings. The van der Waals surface area contributed by atoms with Crippen molar-refractivity contribution in [1.29, 1.82) is 0 Å². The lowest BCUT2D eigenvalue weighted by Crippen LogP contribution is -2.38. The molecule has 0 amide bonds. The number of H-pyrrole nitrogens is 1. The summed E-state index contributed by atoms with van der Waals surface area (Å²) in [5.41, 5.74) is 5.79. The number of nitrogens with two attached hydrogens (primary N) is 1. The van der Waals surface area contributed by atoms with E-state index in [0.29, 0.717) is 10.2 Å². The molecule has 2 aromatic heterocycles. The first-order valence-electron chi connectivity index (χ1n) is 5.63. The van der Waals surface area contributed by atoms with Crippen molar-refractivity contribution in [2.45, 2.75) is 25.8 Å². The van der Waals surface area contributed by atoms with Gasteiger partial charge in [0.15, 0.2) is 0 Å². The van der Waals surface area contributed by atoms with E-state index in [4.69, 9.17) is 18.0 Å². The molecule has 18 heavy (non-hydrogen) atoms. The summed E-state index contributed by atoms with van der Waals surface area (Å²) >= 11 is 6.28. The van der Waals surface area contributed by atoms with Gasteiger partial charge in [-0.05, 0) is 24.8 Å². The second-order valence-electron chi connectivity index (χ2n) is 4.35. The average Bonchev–Trinajstić information content (AvgIpc) is 2.83. The molecule has 0 spiro atoms. The van der Waals surface area contributed by atoms with Gasteiger partial charge in [-0.3, -0.25) is 14.3 Å². The molecule has 0 fully saturated rings. The summed E-state index contributed by atoms with van der Waals surface area (Å²) in [7, 11) is 0. The van der Waals surface area contributed by atoms with Crippen molar-refractivity contribution in [3.8, 4) is 0 Å². The maximum Gasteiger partial charge on any atom is 0.329 e. The maximum absolute atomic E-state index is 12.3. The van der Waals surface area contributed by atoms with E-state index in [9.17, 15) is 9.59 Å². The number of rotatable bonds is 2. The van der Waals surface area contributed by atoms with Gasteiger partial charge >= 0.3 is 5.69 Å². The highest BCUT2D eigenvalue weighted by molar-refractivity contribution is 7.80. The molecule has 0 saturated heterocycles. The average molecular weight is 281 g/mol. The van der Waals surface area contributed by atoms with Crippen molar-refractivity contribution >= 4 is 38.8 Å². The standard InChI is InChI=1S/C11H11N3O2S2/c12-7(17)4-14-10(15)8-5-2-1-3-6(5)18-9(8)13-11(14)16/h1-4H2,(H2,12,17)(H,13,16). The molecule has 7 heteroatoms. The molecule has 94 valence electrons. The highest BCUT2D eigenvalue weighted by Crippen LogP contribution is 2.33. The van der Waals surface area contributed by atoms with Gasteiger partial charge in [-0.15, -0.1) is 11.3 Å². The minimum atomic E-state index is -0.444. The van der Waals surface area contributed by atoms with Gasteiger partial charge < -0.3 is 5.73 Å². The van der Waals surface area contributed by atoms with Crippen LogP contribution in [0.5, 0.6) is 0 Å². The maximum atomic E-state index is 12.3. The molecule has 0 saturated carbocycles. The Labute approximate surface area is 111 Å². The lowest BCUT2D eigenvalue weighted by Gasteiger charge is -2.03. The summed E-state index contributed by atoms with van der Waals surface area (Å²) in [5, 5.41) is 0.642. The van der Waals surface area contributed by atoms with Crippen LogP contribution in [0.4, 0.5) is 0 Å². The van der Waals surface area contributed by atoms with Crippen LogP contribution in [0.1, 0.15) is 16.9 Å². The zero-order valence-electron chi connectivity index (χ0n) is 9.49. The highest BCUT2D eigenvalue weighted by Gasteiger charge is 2.21. The van der Waals surface area contributed by atoms with Crippen molar-refractivity contribution in [2.24, 2.45) is 5.73 Å². The van der Waals surface area contributed by atoms with E-state index in [-0.39, 0.29) is 17.1 Å². The minimum absolute atomic E-state index is 0.00986. The Morgan fingerprint density at radius 3 is 2.94 bits per heavy atom. The molecule has 0 atom stereocenters. The Morgan fingerprint density at radius 1 is 1.44 bits per heavy atom. The van der Waals surface area contributed by atoms with E-state index in [1.165, 1.54) is 16.2 Å². The van der Waals surface area contributed by atoms with Gasteiger partial charge in [0.25, 0.3) is 5.56 Å². The van der Waals surface area contributed by atoms with Gasteiger partial charge in [-0.1, -0.05) is 12.2 Å². The number of aryl methyl sites for hydroxylation is 2. The molecule has 0 radical (unpaired) electrons. The van der Waals surface area contributed by atoms with Crippen LogP contribution in [-0.4, -0.2) is 14.5 Å². The summed E-state index contributed by atoms with van der Waals surface area (Å²) in [4.78, 5) is 28.9. The number of hydrogen-bond acceptors (Lipinski definition) is 4. The fourth-order valence-electron chi connectivity index (χ4n) is 2.41. The second kappa shape index (κ2) is 4.03. The van der Waals surface area contributed by atoms with Gasteiger partial charge in [-0.2, -0.15) is 0 Å². The van der Waals surface area contributed by atoms with E-state index in [0.717, 1.165) is 29.4 Å². The zero-order chi connectivity index (χ0) is 12.9. The molecular weight excluding hydrogens is 270 g/mol. The molecule has 0 aliphatic heterocycles. The van der Waals surface area contributed by atoms with Crippen molar-refractivity contribution in [1.82, 2.24) is 9.55 Å². The predicted molar refractivity (Wildman–Crippen MR) is 75.5 cm³/mol. The number of thiocarbonyl (C=S) groups is 1. The third-order valence-corrected chi connectivity index (χ3v) is 4.50. The van der Waals surface area contributed by atoms with Gasteiger partial charge in [-0.25, -0.2) is 4.79 Å². The summed E-state index contributed by atoms with van der Waals surface area (Å²) in [6.45, 7) is -0.00986. The topological polar surface area (TPSA) is 80.9 Å². The molecule has 0 unspecified atom stereocenters. The fraction of sp³-hybridized carbons (Fsp3) is 0.364. The lowest BCUT2D eigenvalue weighted by atomic mass is 10.2. The molecule has 0 bridgehead atoms. The monoisotopic (exact) mass is 281 g/mol. The Balaban J connectivity index is 2.36. The SMILES string of the molecule is NC(=S)Cn1c(=O)[nH]c2sc3c(c2c1=O)CCC3. The minimum Gasteiger partial charge on any atom is -0.392 e. The molecule has 5 nitrogen and oxygen atoms in total. The first-order chi connectivity index (χ1) is 8.58. The third-order valence-electron chi connectivity index (χ3n) is 3.16. The quantitative estimate of drug-likeness (QED) is 0.787. The third kappa shape index (κ3) is 1.62. The first kappa shape index (κ1) is 11.6. The van der Waals surface area contributed by atoms with E-state index < -0.39 is 5.69 Å². The Kier molecular flexibility index (Phi) is 2.60. The Morgan fingerprint density at radius 2 is 2.22 bits per heavy atom. The van der Waals surface area contributed by atoms with Crippen LogP contribution in [0, 0.1) is 0 Å². The largest absolute Gasteiger partial charge is 0.392 e. The zero-order valence-corrected chi connectivity index (χ0v) is 11.1. The molecular formula is C11H11N3O2S2. The van der Waals surface area contributed by atoms with Gasteiger partial charge in [0.05, 0.1) is 16.9 Å². The Bertz CT molecular complexity index is 769. The van der Waals surface area contributed by atoms with Crippen molar-refractivity contribution in [2.75, 3.05) is 0 Å². The normalized spacial score (nSPS) is 14.0. The second-order valence-corrected chi connectivity index (χ2v) is 5.98. The fourth-order valence-corrected chi connectivity index (χ4v) is 3.81. The summed E-state index contributed by atoms with van der Waals surface area (Å²) in [6.07, 6.45) is 2.97.